The van der Waals surface area contributed by atoms with Gasteiger partial charge in [0, 0.05) is 25.7 Å². The minimum absolute atomic E-state index is 0.115. The summed E-state index contributed by atoms with van der Waals surface area (Å²) in [6.45, 7) is 5.55. The highest BCUT2D eigenvalue weighted by Crippen LogP contribution is 2.20. The quantitative estimate of drug-likeness (QED) is 0.625. The predicted octanol–water partition coefficient (Wildman–Crippen LogP) is 0.786. The van der Waals surface area contributed by atoms with E-state index in [1.54, 1.807) is 0 Å². The monoisotopic (exact) mass is 172 g/mol. The van der Waals surface area contributed by atoms with E-state index in [2.05, 4.69) is 6.92 Å². The molecule has 0 spiro atoms. The molecule has 0 aliphatic carbocycles. The first kappa shape index (κ1) is 10.0. The average molecular weight is 172 g/mol. The topological polar surface area (TPSA) is 38.7 Å². The van der Waals surface area contributed by atoms with Gasteiger partial charge in [0.1, 0.15) is 0 Å². The van der Waals surface area contributed by atoms with Gasteiger partial charge in [-0.05, 0) is 12.7 Å². The van der Waals surface area contributed by atoms with E-state index >= 15 is 0 Å². The predicted molar refractivity (Wildman–Crippen MR) is 47.9 cm³/mol. The van der Waals surface area contributed by atoms with Crippen LogP contribution in [0.3, 0.4) is 0 Å². The van der Waals surface area contributed by atoms with Gasteiger partial charge in [-0.25, -0.2) is 0 Å². The summed E-state index contributed by atoms with van der Waals surface area (Å²) in [5.41, 5.74) is 0. The van der Waals surface area contributed by atoms with E-state index in [1.807, 2.05) is 6.82 Å². The molecule has 0 radical (unpaired) electrons. The lowest BCUT2D eigenvalue weighted by Crippen LogP contribution is -2.23. The maximum absolute atomic E-state index is 9.07. The fourth-order valence-electron chi connectivity index (χ4n) is 1.49. The van der Waals surface area contributed by atoms with Crippen molar-refractivity contribution in [2.75, 3.05) is 19.8 Å². The van der Waals surface area contributed by atoms with Crippen molar-refractivity contribution < 1.29 is 14.4 Å². The van der Waals surface area contributed by atoms with Crippen molar-refractivity contribution >= 4 is 7.12 Å². The first-order valence-corrected chi connectivity index (χ1v) is 4.62. The molecule has 2 unspecified atom stereocenters. The highest BCUT2D eigenvalue weighted by Gasteiger charge is 2.26. The van der Waals surface area contributed by atoms with Crippen LogP contribution in [0.2, 0.25) is 6.82 Å². The molecular formula is C8H17BO3. The standard InChI is InChI=1S/C8H17BO3/c1-3-7-5-11-9(2)12-6-8(7)4-10/h7-8,10H,3-6H2,1-2H3. The number of rotatable bonds is 2. The molecular weight excluding hydrogens is 155 g/mol. The molecule has 4 heteroatoms. The summed E-state index contributed by atoms with van der Waals surface area (Å²) in [4.78, 5) is 0. The molecule has 0 aromatic carbocycles. The molecule has 12 heavy (non-hydrogen) atoms. The summed E-state index contributed by atoms with van der Waals surface area (Å²) in [6, 6.07) is 0. The molecule has 1 rings (SSSR count). The van der Waals surface area contributed by atoms with E-state index < -0.39 is 0 Å². The van der Waals surface area contributed by atoms with Crippen LogP contribution in [0.4, 0.5) is 0 Å². The summed E-state index contributed by atoms with van der Waals surface area (Å²) in [5, 5.41) is 9.07. The van der Waals surface area contributed by atoms with E-state index in [4.69, 9.17) is 14.4 Å². The molecule has 70 valence electrons. The smallest absolute Gasteiger partial charge is 0.411 e. The molecule has 0 bridgehead atoms. The van der Waals surface area contributed by atoms with Crippen LogP contribution in [0.1, 0.15) is 13.3 Å². The molecule has 0 aromatic heterocycles. The second-order valence-corrected chi connectivity index (χ2v) is 3.35. The Morgan fingerprint density at radius 2 is 1.92 bits per heavy atom. The third-order valence-electron chi connectivity index (χ3n) is 2.52. The van der Waals surface area contributed by atoms with Crippen LogP contribution in [0.5, 0.6) is 0 Å². The summed E-state index contributed by atoms with van der Waals surface area (Å²) in [6.07, 6.45) is 1.04. The van der Waals surface area contributed by atoms with Gasteiger partial charge in [0.05, 0.1) is 0 Å². The molecule has 3 nitrogen and oxygen atoms in total. The van der Waals surface area contributed by atoms with Crippen molar-refractivity contribution in [1.29, 1.82) is 0 Å². The van der Waals surface area contributed by atoms with Crippen LogP contribution in [0, 0.1) is 11.8 Å². The molecule has 1 saturated heterocycles. The van der Waals surface area contributed by atoms with E-state index in [0.717, 1.165) is 6.42 Å². The lowest BCUT2D eigenvalue weighted by molar-refractivity contribution is 0.122. The zero-order chi connectivity index (χ0) is 8.97. The van der Waals surface area contributed by atoms with Gasteiger partial charge in [-0.2, -0.15) is 0 Å². The number of hydrogen-bond donors (Lipinski definition) is 1. The van der Waals surface area contributed by atoms with Crippen LogP contribution in [-0.2, 0) is 9.31 Å². The van der Waals surface area contributed by atoms with E-state index in [-0.39, 0.29) is 19.6 Å². The van der Waals surface area contributed by atoms with Gasteiger partial charge in [-0.15, -0.1) is 0 Å². The van der Waals surface area contributed by atoms with Gasteiger partial charge in [-0.1, -0.05) is 13.3 Å². The van der Waals surface area contributed by atoms with Crippen molar-refractivity contribution in [3.8, 4) is 0 Å². The normalized spacial score (nSPS) is 31.8. The highest BCUT2D eigenvalue weighted by atomic mass is 16.6. The first-order chi connectivity index (χ1) is 5.77. The maximum atomic E-state index is 9.07. The van der Waals surface area contributed by atoms with Crippen molar-refractivity contribution in [3.63, 3.8) is 0 Å². The Morgan fingerprint density at radius 1 is 1.33 bits per heavy atom. The lowest BCUT2D eigenvalue weighted by atomic mass is 9.92. The minimum Gasteiger partial charge on any atom is -0.411 e. The van der Waals surface area contributed by atoms with Gasteiger partial charge in [-0.3, -0.25) is 0 Å². The van der Waals surface area contributed by atoms with Crippen LogP contribution < -0.4 is 0 Å². The number of aliphatic hydroxyl groups excluding tert-OH is 1. The maximum Gasteiger partial charge on any atom is 0.453 e. The molecule has 2 atom stereocenters. The minimum atomic E-state index is -0.115. The molecule has 0 saturated carbocycles. The molecule has 1 fully saturated rings. The Labute approximate surface area is 74.2 Å². The van der Waals surface area contributed by atoms with E-state index in [0.29, 0.717) is 19.1 Å². The largest absolute Gasteiger partial charge is 0.453 e. The third-order valence-corrected chi connectivity index (χ3v) is 2.52. The summed E-state index contributed by atoms with van der Waals surface area (Å²) in [5.74, 6) is 0.694. The van der Waals surface area contributed by atoms with Crippen molar-refractivity contribution in [2.24, 2.45) is 11.8 Å². The lowest BCUT2D eigenvalue weighted by Gasteiger charge is -2.19. The molecule has 1 aliphatic rings. The molecule has 1 heterocycles. The van der Waals surface area contributed by atoms with Gasteiger partial charge in [0.15, 0.2) is 0 Å². The highest BCUT2D eigenvalue weighted by molar-refractivity contribution is 6.42. The van der Waals surface area contributed by atoms with Crippen molar-refractivity contribution in [2.45, 2.75) is 20.2 Å². The second kappa shape index (κ2) is 4.85. The van der Waals surface area contributed by atoms with Crippen LogP contribution >= 0.6 is 0 Å². The van der Waals surface area contributed by atoms with Gasteiger partial charge >= 0.3 is 7.12 Å². The zero-order valence-corrected chi connectivity index (χ0v) is 7.82. The molecule has 0 aromatic rings. The summed E-state index contributed by atoms with van der Waals surface area (Å²) < 4.78 is 10.8. The summed E-state index contributed by atoms with van der Waals surface area (Å²) >= 11 is 0. The Hall–Kier alpha value is -0.0551. The van der Waals surface area contributed by atoms with Crippen LogP contribution in [-0.4, -0.2) is 32.0 Å². The third kappa shape index (κ3) is 2.47. The van der Waals surface area contributed by atoms with E-state index in [9.17, 15) is 0 Å². The molecule has 1 aliphatic heterocycles. The van der Waals surface area contributed by atoms with Gasteiger partial charge < -0.3 is 14.4 Å². The Morgan fingerprint density at radius 3 is 2.42 bits per heavy atom. The molecule has 0 amide bonds. The fraction of sp³-hybridized carbons (Fsp3) is 1.00. The van der Waals surface area contributed by atoms with Crippen molar-refractivity contribution in [3.05, 3.63) is 0 Å². The molecule has 1 N–H and O–H groups in total. The number of aliphatic hydroxyl groups is 1. The fourth-order valence-corrected chi connectivity index (χ4v) is 1.49. The Balaban J connectivity index is 2.47. The van der Waals surface area contributed by atoms with Gasteiger partial charge in [0.25, 0.3) is 0 Å². The zero-order valence-electron chi connectivity index (χ0n) is 7.82. The summed E-state index contributed by atoms with van der Waals surface area (Å²) in [7, 11) is -0.115. The SMILES string of the molecule is CCC1COB(C)OCC1CO. The van der Waals surface area contributed by atoms with Gasteiger partial charge in [0.2, 0.25) is 0 Å². The van der Waals surface area contributed by atoms with Crippen LogP contribution in [0.15, 0.2) is 0 Å². The van der Waals surface area contributed by atoms with E-state index in [1.165, 1.54) is 0 Å². The van der Waals surface area contributed by atoms with Crippen molar-refractivity contribution in [1.82, 2.24) is 0 Å². The Kier molecular flexibility index (Phi) is 4.05. The first-order valence-electron chi connectivity index (χ1n) is 4.62. The van der Waals surface area contributed by atoms with Crippen LogP contribution in [0.25, 0.3) is 0 Å². The number of hydrogen-bond acceptors (Lipinski definition) is 3. The Bertz CT molecular complexity index is 117. The second-order valence-electron chi connectivity index (χ2n) is 3.35. The average Bonchev–Trinajstić information content (AvgIpc) is 2.27.